The number of rotatable bonds is 40. The number of hydrogen-bond donors (Lipinski definition) is 2. The normalized spacial score (nSPS) is 14.1. The molecular formula is C45H88O4. The number of hydrogen-bond acceptors (Lipinski definition) is 2. The van der Waals surface area contributed by atoms with E-state index in [-0.39, 0.29) is 6.42 Å². The summed E-state index contributed by atoms with van der Waals surface area (Å²) in [5, 5.41) is 20.3. The number of carbonyl (C=O) groups is 2. The minimum atomic E-state index is -0.723. The standard InChI is InChI=1S/C45H88O4/c1-5-9-13-17-19-21-23-29-35-41(33-27-15-11-7-3)39-45(44(48)49,38-32-26-25-31-37-43(46)47)40-42(34-28-16-12-8-4)36-30-24-22-20-18-14-10-6-2/h41-42H,5-40H2,1-4H3,(H,46,47)(H,48,49). The number of carboxylic acid groups (broad SMARTS) is 2. The first-order valence-electron chi connectivity index (χ1n) is 22.3. The lowest BCUT2D eigenvalue weighted by Gasteiger charge is -2.37. The molecule has 0 rings (SSSR count). The van der Waals surface area contributed by atoms with E-state index in [1.165, 1.54) is 180 Å². The number of unbranched alkanes of at least 4 members (excludes halogenated alkanes) is 23. The second-order valence-electron chi connectivity index (χ2n) is 16.3. The van der Waals surface area contributed by atoms with Gasteiger partial charge in [0, 0.05) is 6.42 Å². The maximum atomic E-state index is 13.6. The van der Waals surface area contributed by atoms with Crippen LogP contribution in [0.15, 0.2) is 0 Å². The van der Waals surface area contributed by atoms with E-state index in [1.807, 2.05) is 0 Å². The van der Waals surface area contributed by atoms with Crippen molar-refractivity contribution in [3.63, 3.8) is 0 Å². The Bertz CT molecular complexity index is 681. The van der Waals surface area contributed by atoms with Crippen molar-refractivity contribution in [2.75, 3.05) is 0 Å². The fourth-order valence-electron chi connectivity index (χ4n) is 8.32. The van der Waals surface area contributed by atoms with E-state index in [4.69, 9.17) is 5.11 Å². The minimum absolute atomic E-state index is 0.223. The molecule has 0 aliphatic carbocycles. The predicted octanol–water partition coefficient (Wildman–Crippen LogP) is 15.5. The molecule has 2 unspecified atom stereocenters. The maximum Gasteiger partial charge on any atom is 0.309 e. The largest absolute Gasteiger partial charge is 0.481 e. The molecule has 2 N–H and O–H groups in total. The fraction of sp³-hybridized carbons (Fsp3) is 0.956. The molecular weight excluding hydrogens is 604 g/mol. The van der Waals surface area contributed by atoms with E-state index in [2.05, 4.69) is 27.7 Å². The number of aliphatic carboxylic acids is 2. The Kier molecular flexibility index (Phi) is 34.6. The Morgan fingerprint density at radius 3 is 1.02 bits per heavy atom. The van der Waals surface area contributed by atoms with Crippen LogP contribution in [0.1, 0.15) is 259 Å². The molecule has 0 heterocycles. The Hall–Kier alpha value is -1.06. The molecule has 0 spiro atoms. The highest BCUT2D eigenvalue weighted by atomic mass is 16.4. The lowest BCUT2D eigenvalue weighted by molar-refractivity contribution is -0.152. The molecule has 0 radical (unpaired) electrons. The summed E-state index contributed by atoms with van der Waals surface area (Å²) in [6.45, 7) is 9.11. The molecule has 4 nitrogen and oxygen atoms in total. The van der Waals surface area contributed by atoms with Crippen LogP contribution in [0, 0.1) is 17.3 Å². The van der Waals surface area contributed by atoms with E-state index in [1.54, 1.807) is 0 Å². The zero-order valence-corrected chi connectivity index (χ0v) is 33.8. The predicted molar refractivity (Wildman–Crippen MR) is 214 cm³/mol. The van der Waals surface area contributed by atoms with E-state index < -0.39 is 17.4 Å². The molecule has 0 aliphatic heterocycles. The highest BCUT2D eigenvalue weighted by Crippen LogP contribution is 2.44. The Morgan fingerprint density at radius 1 is 0.408 bits per heavy atom. The summed E-state index contributed by atoms with van der Waals surface area (Å²) in [7, 11) is 0. The molecule has 49 heavy (non-hydrogen) atoms. The van der Waals surface area contributed by atoms with Gasteiger partial charge in [-0.2, -0.15) is 0 Å². The van der Waals surface area contributed by atoms with Crippen molar-refractivity contribution < 1.29 is 19.8 Å². The van der Waals surface area contributed by atoms with Crippen LogP contribution in [0.3, 0.4) is 0 Å². The van der Waals surface area contributed by atoms with Crippen LogP contribution in [-0.2, 0) is 9.59 Å². The molecule has 0 aliphatic rings. The van der Waals surface area contributed by atoms with Crippen LogP contribution in [0.4, 0.5) is 0 Å². The molecule has 0 bridgehead atoms. The zero-order chi connectivity index (χ0) is 36.3. The van der Waals surface area contributed by atoms with Crippen molar-refractivity contribution in [3.8, 4) is 0 Å². The molecule has 0 saturated carbocycles. The Labute approximate surface area is 307 Å². The van der Waals surface area contributed by atoms with Gasteiger partial charge < -0.3 is 10.2 Å². The van der Waals surface area contributed by atoms with Crippen molar-refractivity contribution in [3.05, 3.63) is 0 Å². The topological polar surface area (TPSA) is 74.6 Å². The van der Waals surface area contributed by atoms with Gasteiger partial charge in [0.25, 0.3) is 0 Å². The Balaban J connectivity index is 5.78. The van der Waals surface area contributed by atoms with Crippen molar-refractivity contribution in [2.24, 2.45) is 17.3 Å². The minimum Gasteiger partial charge on any atom is -0.481 e. The van der Waals surface area contributed by atoms with Gasteiger partial charge in [0.2, 0.25) is 0 Å². The van der Waals surface area contributed by atoms with Crippen molar-refractivity contribution in [1.29, 1.82) is 0 Å². The molecule has 0 amide bonds. The van der Waals surface area contributed by atoms with Gasteiger partial charge in [0.15, 0.2) is 0 Å². The van der Waals surface area contributed by atoms with Crippen molar-refractivity contribution >= 4 is 11.9 Å². The average molecular weight is 693 g/mol. The van der Waals surface area contributed by atoms with E-state index in [0.29, 0.717) is 18.3 Å². The van der Waals surface area contributed by atoms with Gasteiger partial charge in [0.05, 0.1) is 5.41 Å². The van der Waals surface area contributed by atoms with E-state index >= 15 is 0 Å². The number of carboxylic acids is 2. The van der Waals surface area contributed by atoms with Crippen molar-refractivity contribution in [2.45, 2.75) is 259 Å². The second kappa shape index (κ2) is 35.3. The summed E-state index contributed by atoms with van der Waals surface area (Å²) in [6, 6.07) is 0. The van der Waals surface area contributed by atoms with Gasteiger partial charge in [0.1, 0.15) is 0 Å². The highest BCUT2D eigenvalue weighted by Gasteiger charge is 2.41. The van der Waals surface area contributed by atoms with Gasteiger partial charge in [-0.1, -0.05) is 227 Å². The summed E-state index contributed by atoms with van der Waals surface area (Å²) in [5.74, 6) is -0.256. The molecule has 0 aromatic carbocycles. The van der Waals surface area contributed by atoms with Gasteiger partial charge in [-0.15, -0.1) is 0 Å². The lowest BCUT2D eigenvalue weighted by atomic mass is 9.67. The van der Waals surface area contributed by atoms with Gasteiger partial charge in [-0.3, -0.25) is 9.59 Å². The van der Waals surface area contributed by atoms with E-state index in [0.717, 1.165) is 38.5 Å². The quantitative estimate of drug-likeness (QED) is 0.0627. The fourth-order valence-corrected chi connectivity index (χ4v) is 8.32. The highest BCUT2D eigenvalue weighted by molar-refractivity contribution is 5.74. The van der Waals surface area contributed by atoms with Crippen LogP contribution in [0.25, 0.3) is 0 Å². The van der Waals surface area contributed by atoms with Crippen molar-refractivity contribution in [1.82, 2.24) is 0 Å². The smallest absolute Gasteiger partial charge is 0.309 e. The Morgan fingerprint density at radius 2 is 0.694 bits per heavy atom. The van der Waals surface area contributed by atoms with Gasteiger partial charge >= 0.3 is 11.9 Å². The van der Waals surface area contributed by atoms with Crippen LogP contribution < -0.4 is 0 Å². The van der Waals surface area contributed by atoms with Gasteiger partial charge in [-0.05, 0) is 37.5 Å². The molecule has 292 valence electrons. The molecule has 0 saturated heterocycles. The summed E-state index contributed by atoms with van der Waals surface area (Å²) >= 11 is 0. The first-order chi connectivity index (χ1) is 23.8. The SMILES string of the molecule is CCCCCCCCCCC(CCCCCC)CC(CCCCCCC(=O)O)(CC(CCCCCC)CCCCCCCCCC)C(=O)O. The maximum absolute atomic E-state index is 13.6. The van der Waals surface area contributed by atoms with E-state index in [9.17, 15) is 14.7 Å². The molecule has 0 aromatic heterocycles. The van der Waals surface area contributed by atoms with Crippen LogP contribution in [0.2, 0.25) is 0 Å². The summed E-state index contributed by atoms with van der Waals surface area (Å²) in [5.41, 5.74) is -0.641. The monoisotopic (exact) mass is 693 g/mol. The summed E-state index contributed by atoms with van der Waals surface area (Å²) in [4.78, 5) is 24.7. The molecule has 0 aromatic rings. The third-order valence-corrected chi connectivity index (χ3v) is 11.5. The zero-order valence-electron chi connectivity index (χ0n) is 33.8. The second-order valence-corrected chi connectivity index (χ2v) is 16.3. The lowest BCUT2D eigenvalue weighted by Crippen LogP contribution is -2.36. The van der Waals surface area contributed by atoms with Crippen LogP contribution in [0.5, 0.6) is 0 Å². The van der Waals surface area contributed by atoms with Crippen LogP contribution in [-0.4, -0.2) is 22.2 Å². The average Bonchev–Trinajstić information content (AvgIpc) is 3.08. The first kappa shape index (κ1) is 47.9. The van der Waals surface area contributed by atoms with Crippen LogP contribution >= 0.6 is 0 Å². The van der Waals surface area contributed by atoms with Gasteiger partial charge in [-0.25, -0.2) is 0 Å². The molecule has 0 fully saturated rings. The molecule has 4 heteroatoms. The molecule has 2 atom stereocenters. The third-order valence-electron chi connectivity index (χ3n) is 11.5. The third kappa shape index (κ3) is 29.2. The summed E-state index contributed by atoms with van der Waals surface area (Å²) < 4.78 is 0. The summed E-state index contributed by atoms with van der Waals surface area (Å²) in [6.07, 6.45) is 42.1. The first-order valence-corrected chi connectivity index (χ1v) is 22.3.